The van der Waals surface area contributed by atoms with E-state index in [2.05, 4.69) is 5.32 Å². The molecular weight excluding hydrogens is 385 g/mol. The van der Waals surface area contributed by atoms with Gasteiger partial charge in [-0.25, -0.2) is 4.39 Å². The number of piperazine rings is 1. The number of ether oxygens (including phenoxy) is 1. The minimum atomic E-state index is -0.466. The van der Waals surface area contributed by atoms with Crippen molar-refractivity contribution in [3.05, 3.63) is 71.6 Å². The van der Waals surface area contributed by atoms with Crippen LogP contribution in [0.15, 0.2) is 54.6 Å². The Morgan fingerprint density at radius 1 is 1.10 bits per heavy atom. The summed E-state index contributed by atoms with van der Waals surface area (Å²) in [6.07, 6.45) is 3.04. The number of nitrogens with zero attached hydrogens (tertiary/aromatic N) is 2. The zero-order chi connectivity index (χ0) is 21.3. The fourth-order valence-electron chi connectivity index (χ4n) is 3.24. The van der Waals surface area contributed by atoms with Gasteiger partial charge in [-0.15, -0.1) is 0 Å². The largest absolute Gasteiger partial charge is 0.494 e. The number of halogens is 1. The summed E-state index contributed by atoms with van der Waals surface area (Å²) in [6, 6.07) is 14.3. The molecule has 1 fully saturated rings. The van der Waals surface area contributed by atoms with Crippen LogP contribution in [-0.2, 0) is 16.1 Å². The average molecular weight is 411 g/mol. The molecule has 0 saturated carbocycles. The summed E-state index contributed by atoms with van der Waals surface area (Å²) in [5.41, 5.74) is 1.65. The van der Waals surface area contributed by atoms with Crippen molar-refractivity contribution >= 4 is 17.9 Å². The smallest absolute Gasteiger partial charge is 0.246 e. The molecule has 1 saturated heterocycles. The Morgan fingerprint density at radius 2 is 1.83 bits per heavy atom. The maximum Gasteiger partial charge on any atom is 0.246 e. The van der Waals surface area contributed by atoms with Crippen LogP contribution in [0.2, 0.25) is 0 Å². The van der Waals surface area contributed by atoms with Gasteiger partial charge in [-0.2, -0.15) is 0 Å². The molecule has 0 aromatic heterocycles. The predicted octanol–water partition coefficient (Wildman–Crippen LogP) is 2.31. The summed E-state index contributed by atoms with van der Waals surface area (Å²) in [5.74, 6) is -0.451. The van der Waals surface area contributed by atoms with E-state index in [9.17, 15) is 14.0 Å². The predicted molar refractivity (Wildman–Crippen MR) is 113 cm³/mol. The van der Waals surface area contributed by atoms with Gasteiger partial charge in [-0.1, -0.05) is 36.4 Å². The molecule has 1 aliphatic rings. The Balaban J connectivity index is 1.41. The zero-order valence-electron chi connectivity index (χ0n) is 17.0. The third-order valence-corrected chi connectivity index (χ3v) is 4.98. The number of methoxy groups -OCH3 is 1. The van der Waals surface area contributed by atoms with Gasteiger partial charge in [-0.3, -0.25) is 14.5 Å². The highest BCUT2D eigenvalue weighted by Crippen LogP contribution is 2.18. The Bertz CT molecular complexity index is 894. The lowest BCUT2D eigenvalue weighted by Gasteiger charge is -2.33. The van der Waals surface area contributed by atoms with Crippen LogP contribution in [0, 0.1) is 5.82 Å². The van der Waals surface area contributed by atoms with Crippen molar-refractivity contribution in [2.45, 2.75) is 6.54 Å². The van der Waals surface area contributed by atoms with Crippen LogP contribution in [0.4, 0.5) is 4.39 Å². The second kappa shape index (κ2) is 10.5. The summed E-state index contributed by atoms with van der Waals surface area (Å²) in [4.78, 5) is 28.3. The van der Waals surface area contributed by atoms with Gasteiger partial charge in [0.25, 0.3) is 0 Å². The molecule has 2 aromatic carbocycles. The van der Waals surface area contributed by atoms with Gasteiger partial charge in [0.1, 0.15) is 0 Å². The van der Waals surface area contributed by atoms with Gasteiger partial charge in [0.2, 0.25) is 11.8 Å². The number of hydrogen-bond donors (Lipinski definition) is 1. The molecule has 1 aliphatic heterocycles. The topological polar surface area (TPSA) is 61.9 Å². The molecule has 158 valence electrons. The number of benzene rings is 2. The minimum Gasteiger partial charge on any atom is -0.494 e. The summed E-state index contributed by atoms with van der Waals surface area (Å²) >= 11 is 0. The van der Waals surface area contributed by atoms with E-state index in [-0.39, 0.29) is 17.6 Å². The van der Waals surface area contributed by atoms with Crippen molar-refractivity contribution in [1.82, 2.24) is 15.1 Å². The maximum atomic E-state index is 13.7. The zero-order valence-corrected chi connectivity index (χ0v) is 17.0. The maximum absolute atomic E-state index is 13.7. The normalized spacial score (nSPS) is 14.7. The van der Waals surface area contributed by atoms with E-state index in [1.165, 1.54) is 25.3 Å². The number of carbonyl (C=O) groups is 2. The molecule has 6 nitrogen and oxygen atoms in total. The highest BCUT2D eigenvalue weighted by atomic mass is 19.1. The summed E-state index contributed by atoms with van der Waals surface area (Å²) in [6.45, 7) is 3.19. The molecular formula is C23H26FN3O3. The molecule has 2 amide bonds. The first-order valence-electron chi connectivity index (χ1n) is 9.88. The van der Waals surface area contributed by atoms with Crippen molar-refractivity contribution in [2.24, 2.45) is 0 Å². The van der Waals surface area contributed by atoms with E-state index >= 15 is 0 Å². The van der Waals surface area contributed by atoms with Gasteiger partial charge in [-0.05, 0) is 29.3 Å². The van der Waals surface area contributed by atoms with Crippen molar-refractivity contribution in [1.29, 1.82) is 0 Å². The van der Waals surface area contributed by atoms with Gasteiger partial charge in [0.05, 0.1) is 13.7 Å². The molecule has 1 N–H and O–H groups in total. The fraction of sp³-hybridized carbons (Fsp3) is 0.304. The molecule has 1 heterocycles. The first-order chi connectivity index (χ1) is 14.5. The van der Waals surface area contributed by atoms with E-state index in [1.54, 1.807) is 17.0 Å². The minimum absolute atomic E-state index is 0.0277. The fourth-order valence-corrected chi connectivity index (χ4v) is 3.24. The Labute approximate surface area is 175 Å². The van der Waals surface area contributed by atoms with E-state index in [0.29, 0.717) is 44.8 Å². The van der Waals surface area contributed by atoms with E-state index in [0.717, 1.165) is 5.56 Å². The first kappa shape index (κ1) is 21.5. The second-order valence-electron chi connectivity index (χ2n) is 7.09. The van der Waals surface area contributed by atoms with E-state index in [1.807, 2.05) is 35.2 Å². The van der Waals surface area contributed by atoms with Crippen molar-refractivity contribution < 1.29 is 18.7 Å². The standard InChI is InChI=1S/C23H26FN3O3/c1-30-21-9-7-18(15-20(21)24)8-10-23(29)27-13-11-26(12-14-27)17-22(28)25-16-19-5-3-2-4-6-19/h2-10,15H,11-14,16-17H2,1H3,(H,25,28)/b10-8+. The van der Waals surface area contributed by atoms with Gasteiger partial charge >= 0.3 is 0 Å². The van der Waals surface area contributed by atoms with Crippen LogP contribution in [0.25, 0.3) is 6.08 Å². The van der Waals surface area contributed by atoms with Gasteiger partial charge < -0.3 is 15.0 Å². The summed E-state index contributed by atoms with van der Waals surface area (Å²) in [5, 5.41) is 2.92. The Hall–Kier alpha value is -3.19. The van der Waals surface area contributed by atoms with Crippen molar-refractivity contribution in [3.8, 4) is 5.75 Å². The van der Waals surface area contributed by atoms with Gasteiger partial charge in [0.15, 0.2) is 11.6 Å². The Kier molecular flexibility index (Phi) is 7.57. The molecule has 7 heteroatoms. The second-order valence-corrected chi connectivity index (χ2v) is 7.09. The first-order valence-corrected chi connectivity index (χ1v) is 9.88. The Morgan fingerprint density at radius 3 is 2.50 bits per heavy atom. The summed E-state index contributed by atoms with van der Waals surface area (Å²) < 4.78 is 18.6. The molecule has 0 aliphatic carbocycles. The number of amides is 2. The van der Waals surface area contributed by atoms with Crippen LogP contribution in [-0.4, -0.2) is 61.4 Å². The lowest BCUT2D eigenvalue weighted by molar-refractivity contribution is -0.128. The van der Waals surface area contributed by atoms with Crippen molar-refractivity contribution in [2.75, 3.05) is 39.8 Å². The lowest BCUT2D eigenvalue weighted by atomic mass is 10.2. The number of rotatable bonds is 7. The van der Waals surface area contributed by atoms with Crippen LogP contribution < -0.4 is 10.1 Å². The van der Waals surface area contributed by atoms with Crippen LogP contribution in [0.3, 0.4) is 0 Å². The van der Waals surface area contributed by atoms with Crippen LogP contribution >= 0.6 is 0 Å². The molecule has 0 spiro atoms. The number of nitrogens with one attached hydrogen (secondary N) is 1. The van der Waals surface area contributed by atoms with Crippen LogP contribution in [0.1, 0.15) is 11.1 Å². The highest BCUT2D eigenvalue weighted by Gasteiger charge is 2.21. The number of hydrogen-bond acceptors (Lipinski definition) is 4. The quantitative estimate of drug-likeness (QED) is 0.711. The summed E-state index contributed by atoms with van der Waals surface area (Å²) in [7, 11) is 1.41. The molecule has 30 heavy (non-hydrogen) atoms. The molecule has 0 atom stereocenters. The molecule has 0 bridgehead atoms. The van der Waals surface area contributed by atoms with Crippen LogP contribution in [0.5, 0.6) is 5.75 Å². The molecule has 2 aromatic rings. The average Bonchev–Trinajstić information content (AvgIpc) is 2.77. The monoisotopic (exact) mass is 411 g/mol. The third-order valence-electron chi connectivity index (χ3n) is 4.98. The SMILES string of the molecule is COc1ccc(/C=C/C(=O)N2CCN(CC(=O)NCc3ccccc3)CC2)cc1F. The third kappa shape index (κ3) is 6.15. The van der Waals surface area contributed by atoms with E-state index in [4.69, 9.17) is 4.74 Å². The molecule has 0 radical (unpaired) electrons. The molecule has 3 rings (SSSR count). The van der Waals surface area contributed by atoms with Gasteiger partial charge in [0, 0.05) is 38.8 Å². The molecule has 0 unspecified atom stereocenters. The highest BCUT2D eigenvalue weighted by molar-refractivity contribution is 5.91. The van der Waals surface area contributed by atoms with Crippen molar-refractivity contribution in [3.63, 3.8) is 0 Å². The lowest BCUT2D eigenvalue weighted by Crippen LogP contribution is -2.50. The van der Waals surface area contributed by atoms with E-state index < -0.39 is 5.82 Å². The number of carbonyl (C=O) groups excluding carboxylic acids is 2.